The van der Waals surface area contributed by atoms with Crippen molar-refractivity contribution in [1.29, 1.82) is 0 Å². The first-order valence-corrected chi connectivity index (χ1v) is 4.66. The molecule has 90 valence electrons. The number of aliphatic hydroxyl groups is 1. The van der Waals surface area contributed by atoms with Crippen LogP contribution in [0.1, 0.15) is 21.7 Å². The first-order valence-electron chi connectivity index (χ1n) is 4.66. The Bertz CT molecular complexity index is 371. The molecule has 0 radical (unpaired) electrons. The van der Waals surface area contributed by atoms with E-state index in [1.54, 1.807) is 13.8 Å². The largest absolute Gasteiger partial charge is 0.390 e. The molecule has 7 heteroatoms. The smallest absolute Gasteiger partial charge is 0.287 e. The number of halogens is 2. The Morgan fingerprint density at radius 3 is 2.62 bits per heavy atom. The molecule has 0 spiro atoms. The maximum atomic E-state index is 12.7. The Labute approximate surface area is 90.9 Å². The number of amides is 1. The molecule has 3 N–H and O–H groups in total. The van der Waals surface area contributed by atoms with Crippen molar-refractivity contribution in [3.8, 4) is 0 Å². The lowest BCUT2D eigenvalue weighted by Gasteiger charge is -2.13. The molecule has 0 aromatic carbocycles. The number of aryl methyl sites for hydroxylation is 2. The topological polar surface area (TPSA) is 78.0 Å². The fraction of sp³-hybridized carbons (Fsp3) is 0.556. The van der Waals surface area contributed by atoms with Crippen LogP contribution in [0.5, 0.6) is 0 Å². The minimum atomic E-state index is -3.30. The average molecular weight is 233 g/mol. The molecule has 0 aliphatic heterocycles. The molecule has 5 nitrogen and oxygen atoms in total. The van der Waals surface area contributed by atoms with Crippen LogP contribution in [0.3, 0.4) is 0 Å². The highest BCUT2D eigenvalue weighted by Gasteiger charge is 2.29. The Hall–Kier alpha value is -1.50. The number of H-pyrrole nitrogens is 1. The quantitative estimate of drug-likeness (QED) is 0.703. The highest BCUT2D eigenvalue weighted by molar-refractivity contribution is 5.96. The summed E-state index contributed by atoms with van der Waals surface area (Å²) in [6, 6.07) is 0. The Morgan fingerprint density at radius 2 is 2.19 bits per heavy atom. The lowest BCUT2D eigenvalue weighted by atomic mass is 10.2. The van der Waals surface area contributed by atoms with Crippen molar-refractivity contribution >= 4 is 5.91 Å². The Balaban J connectivity index is 2.67. The predicted octanol–water partition coefficient (Wildman–Crippen LogP) is 0.384. The second-order valence-electron chi connectivity index (χ2n) is 3.51. The first-order chi connectivity index (χ1) is 7.37. The zero-order valence-corrected chi connectivity index (χ0v) is 8.97. The van der Waals surface area contributed by atoms with Crippen molar-refractivity contribution in [1.82, 2.24) is 15.5 Å². The molecular formula is C9H13F2N3O2. The molecule has 1 heterocycles. The van der Waals surface area contributed by atoms with E-state index in [0.29, 0.717) is 11.4 Å². The van der Waals surface area contributed by atoms with Crippen LogP contribution in [-0.2, 0) is 0 Å². The number of hydrogen-bond donors (Lipinski definition) is 3. The maximum absolute atomic E-state index is 12.7. The first kappa shape index (κ1) is 12.6. The molecule has 1 rings (SSSR count). The third kappa shape index (κ3) is 2.75. The second kappa shape index (κ2) is 4.56. The van der Waals surface area contributed by atoms with Gasteiger partial charge in [0.05, 0.1) is 17.8 Å². The predicted molar refractivity (Wildman–Crippen MR) is 52.4 cm³/mol. The number of aliphatic hydroxyl groups excluding tert-OH is 1. The van der Waals surface area contributed by atoms with Crippen LogP contribution < -0.4 is 5.32 Å². The zero-order valence-electron chi connectivity index (χ0n) is 8.97. The maximum Gasteiger partial charge on any atom is 0.287 e. The molecular weight excluding hydrogens is 220 g/mol. The van der Waals surface area contributed by atoms with Gasteiger partial charge in [0.1, 0.15) is 6.61 Å². The van der Waals surface area contributed by atoms with E-state index in [1.807, 2.05) is 5.32 Å². The standard InChI is InChI=1S/C9H13F2N3O2/c1-5-7(6(2)14-13-5)8(16)12-3-9(10,11)4-15/h15H,3-4H2,1-2H3,(H,12,16)(H,13,14). The van der Waals surface area contributed by atoms with Gasteiger partial charge >= 0.3 is 0 Å². The van der Waals surface area contributed by atoms with Crippen molar-refractivity contribution in [3.05, 3.63) is 17.0 Å². The monoisotopic (exact) mass is 233 g/mol. The molecule has 1 aromatic heterocycles. The van der Waals surface area contributed by atoms with Gasteiger partial charge in [-0.3, -0.25) is 9.89 Å². The lowest BCUT2D eigenvalue weighted by molar-refractivity contribution is -0.0462. The van der Waals surface area contributed by atoms with Crippen molar-refractivity contribution in [2.75, 3.05) is 13.2 Å². The zero-order chi connectivity index (χ0) is 12.3. The molecule has 16 heavy (non-hydrogen) atoms. The molecule has 0 bridgehead atoms. The van der Waals surface area contributed by atoms with Gasteiger partial charge in [0, 0.05) is 5.69 Å². The number of nitrogens with zero attached hydrogens (tertiary/aromatic N) is 1. The number of carbonyl (C=O) groups excluding carboxylic acids is 1. The van der Waals surface area contributed by atoms with Crippen LogP contribution in [-0.4, -0.2) is 40.3 Å². The van der Waals surface area contributed by atoms with Crippen molar-refractivity contribution in [2.45, 2.75) is 19.8 Å². The van der Waals surface area contributed by atoms with Crippen molar-refractivity contribution < 1.29 is 18.7 Å². The molecule has 0 atom stereocenters. The highest BCUT2D eigenvalue weighted by Crippen LogP contribution is 2.12. The van der Waals surface area contributed by atoms with Gasteiger partial charge in [0.2, 0.25) is 0 Å². The fourth-order valence-electron chi connectivity index (χ4n) is 1.24. The van der Waals surface area contributed by atoms with Crippen molar-refractivity contribution in [3.63, 3.8) is 0 Å². The summed E-state index contributed by atoms with van der Waals surface area (Å²) < 4.78 is 25.3. The van der Waals surface area contributed by atoms with Gasteiger partial charge in [-0.25, -0.2) is 8.78 Å². The Morgan fingerprint density at radius 1 is 1.56 bits per heavy atom. The summed E-state index contributed by atoms with van der Waals surface area (Å²) in [5.74, 6) is -3.93. The number of carbonyl (C=O) groups is 1. The summed E-state index contributed by atoms with van der Waals surface area (Å²) in [6.45, 7) is 1.03. The number of aromatic nitrogens is 2. The van der Waals surface area contributed by atoms with Gasteiger partial charge < -0.3 is 10.4 Å². The normalized spacial score (nSPS) is 11.6. The second-order valence-corrected chi connectivity index (χ2v) is 3.51. The Kier molecular flexibility index (Phi) is 3.58. The van der Waals surface area contributed by atoms with E-state index in [9.17, 15) is 13.6 Å². The van der Waals surface area contributed by atoms with E-state index in [-0.39, 0.29) is 5.56 Å². The van der Waals surface area contributed by atoms with E-state index < -0.39 is 25.0 Å². The molecule has 1 aromatic rings. The van der Waals surface area contributed by atoms with Gasteiger partial charge in [-0.15, -0.1) is 0 Å². The lowest BCUT2D eigenvalue weighted by Crippen LogP contribution is -2.39. The molecule has 0 aliphatic carbocycles. The van der Waals surface area contributed by atoms with Crippen molar-refractivity contribution in [2.24, 2.45) is 0 Å². The van der Waals surface area contributed by atoms with Gasteiger partial charge in [-0.1, -0.05) is 0 Å². The van der Waals surface area contributed by atoms with Gasteiger partial charge in [0.25, 0.3) is 11.8 Å². The SMILES string of the molecule is Cc1n[nH]c(C)c1C(=O)NCC(F)(F)CO. The number of hydrogen-bond acceptors (Lipinski definition) is 3. The molecule has 0 saturated heterocycles. The molecule has 1 amide bonds. The van der Waals surface area contributed by atoms with E-state index in [4.69, 9.17) is 5.11 Å². The number of alkyl halides is 2. The summed E-state index contributed by atoms with van der Waals surface area (Å²) in [6.07, 6.45) is 0. The number of aromatic amines is 1. The van der Waals surface area contributed by atoms with Crippen LogP contribution in [0, 0.1) is 13.8 Å². The van der Waals surface area contributed by atoms with Crippen LogP contribution in [0.4, 0.5) is 8.78 Å². The molecule has 0 fully saturated rings. The van der Waals surface area contributed by atoms with Crippen LogP contribution in [0.2, 0.25) is 0 Å². The average Bonchev–Trinajstić information content (AvgIpc) is 2.55. The van der Waals surface area contributed by atoms with Crippen LogP contribution >= 0.6 is 0 Å². The van der Waals surface area contributed by atoms with Crippen LogP contribution in [0.25, 0.3) is 0 Å². The minimum absolute atomic E-state index is 0.258. The minimum Gasteiger partial charge on any atom is -0.390 e. The summed E-state index contributed by atoms with van der Waals surface area (Å²) in [4.78, 5) is 11.5. The van der Waals surface area contributed by atoms with E-state index in [0.717, 1.165) is 0 Å². The summed E-state index contributed by atoms with van der Waals surface area (Å²) in [7, 11) is 0. The highest BCUT2D eigenvalue weighted by atomic mass is 19.3. The number of rotatable bonds is 4. The van der Waals surface area contributed by atoms with Crippen LogP contribution in [0.15, 0.2) is 0 Å². The molecule has 0 saturated carbocycles. The summed E-state index contributed by atoms with van der Waals surface area (Å²) >= 11 is 0. The van der Waals surface area contributed by atoms with E-state index in [2.05, 4.69) is 10.2 Å². The summed E-state index contributed by atoms with van der Waals surface area (Å²) in [5.41, 5.74) is 1.22. The molecule has 0 unspecified atom stereocenters. The number of nitrogens with one attached hydrogen (secondary N) is 2. The summed E-state index contributed by atoms with van der Waals surface area (Å²) in [5, 5.41) is 16.7. The third-order valence-corrected chi connectivity index (χ3v) is 2.09. The fourth-order valence-corrected chi connectivity index (χ4v) is 1.24. The van der Waals surface area contributed by atoms with Gasteiger partial charge in [0.15, 0.2) is 0 Å². The molecule has 0 aliphatic rings. The van der Waals surface area contributed by atoms with Gasteiger partial charge in [-0.05, 0) is 13.8 Å². The van der Waals surface area contributed by atoms with Gasteiger partial charge in [-0.2, -0.15) is 5.10 Å². The van der Waals surface area contributed by atoms with E-state index >= 15 is 0 Å². The van der Waals surface area contributed by atoms with E-state index in [1.165, 1.54) is 0 Å². The third-order valence-electron chi connectivity index (χ3n) is 2.09.